The van der Waals surface area contributed by atoms with E-state index in [0.29, 0.717) is 11.4 Å². The Bertz CT molecular complexity index is 1100. The molecule has 2 aliphatic rings. The van der Waals surface area contributed by atoms with Gasteiger partial charge in [-0.3, -0.25) is 18.7 Å². The van der Waals surface area contributed by atoms with Crippen LogP contribution in [0.25, 0.3) is 0 Å². The van der Waals surface area contributed by atoms with Crippen molar-refractivity contribution in [3.63, 3.8) is 0 Å². The number of benzene rings is 1. The highest BCUT2D eigenvalue weighted by Gasteiger charge is 2.36. The number of anilines is 2. The van der Waals surface area contributed by atoms with Gasteiger partial charge in [-0.1, -0.05) is 0 Å². The Morgan fingerprint density at radius 2 is 1.96 bits per heavy atom. The lowest BCUT2D eigenvalue weighted by atomic mass is 10.1. The fraction of sp³-hybridized carbons (Fsp3) is 0.368. The van der Waals surface area contributed by atoms with Gasteiger partial charge >= 0.3 is 11.7 Å². The van der Waals surface area contributed by atoms with E-state index in [4.69, 9.17) is 4.74 Å². The SMILES string of the molecule is Cn1c(COC(=O)c2ccc3c(c2)NC(=O)C2CCCN32)cc(=O)n(C)c1=O. The van der Waals surface area contributed by atoms with Gasteiger partial charge in [-0.25, -0.2) is 9.59 Å². The number of nitrogens with one attached hydrogen (secondary N) is 1. The number of carbonyl (C=O) groups excluding carboxylic acids is 2. The third-order valence-electron chi connectivity index (χ3n) is 5.33. The summed E-state index contributed by atoms with van der Waals surface area (Å²) in [6.45, 7) is 0.601. The average Bonchev–Trinajstić information content (AvgIpc) is 3.18. The molecule has 0 spiro atoms. The zero-order valence-electron chi connectivity index (χ0n) is 15.6. The van der Waals surface area contributed by atoms with Crippen molar-refractivity contribution in [2.24, 2.45) is 14.1 Å². The van der Waals surface area contributed by atoms with Crippen LogP contribution in [0, 0.1) is 0 Å². The van der Waals surface area contributed by atoms with Gasteiger partial charge in [0.15, 0.2) is 0 Å². The van der Waals surface area contributed by atoms with Crippen LogP contribution < -0.4 is 21.5 Å². The number of esters is 1. The van der Waals surface area contributed by atoms with E-state index >= 15 is 0 Å². The first-order chi connectivity index (χ1) is 13.4. The minimum atomic E-state index is -0.603. The summed E-state index contributed by atoms with van der Waals surface area (Å²) in [6, 6.07) is 6.16. The lowest BCUT2D eigenvalue weighted by Crippen LogP contribution is -2.43. The summed E-state index contributed by atoms with van der Waals surface area (Å²) >= 11 is 0. The molecule has 0 aliphatic carbocycles. The zero-order valence-corrected chi connectivity index (χ0v) is 15.6. The molecule has 9 heteroatoms. The average molecular weight is 384 g/mol. The molecule has 1 N–H and O–H groups in total. The summed E-state index contributed by atoms with van der Waals surface area (Å²) < 4.78 is 7.51. The Labute approximate surface area is 160 Å². The number of rotatable bonds is 3. The molecule has 1 saturated heterocycles. The summed E-state index contributed by atoms with van der Waals surface area (Å²) in [7, 11) is 2.89. The van der Waals surface area contributed by atoms with E-state index in [0.717, 1.165) is 29.6 Å². The van der Waals surface area contributed by atoms with Crippen LogP contribution in [0.3, 0.4) is 0 Å². The molecule has 1 aromatic heterocycles. The third-order valence-corrected chi connectivity index (χ3v) is 5.33. The van der Waals surface area contributed by atoms with Crippen molar-refractivity contribution in [1.29, 1.82) is 0 Å². The quantitative estimate of drug-likeness (QED) is 0.767. The van der Waals surface area contributed by atoms with Crippen LogP contribution >= 0.6 is 0 Å². The van der Waals surface area contributed by atoms with Crippen LogP contribution in [0.4, 0.5) is 11.4 Å². The van der Waals surface area contributed by atoms with Gasteiger partial charge in [0.05, 0.1) is 22.6 Å². The molecule has 4 rings (SSSR count). The van der Waals surface area contributed by atoms with Gasteiger partial charge in [-0.2, -0.15) is 0 Å². The van der Waals surface area contributed by atoms with Gasteiger partial charge in [0, 0.05) is 26.7 Å². The second-order valence-corrected chi connectivity index (χ2v) is 7.02. The van der Waals surface area contributed by atoms with E-state index in [1.165, 1.54) is 24.7 Å². The van der Waals surface area contributed by atoms with E-state index in [9.17, 15) is 19.2 Å². The number of ether oxygens (including phenoxy) is 1. The number of aromatic nitrogens is 2. The first kappa shape index (κ1) is 18.0. The molecule has 3 heterocycles. The van der Waals surface area contributed by atoms with E-state index in [-0.39, 0.29) is 24.1 Å². The topological polar surface area (TPSA) is 103 Å². The van der Waals surface area contributed by atoms with E-state index < -0.39 is 17.2 Å². The molecule has 1 atom stereocenters. The number of amides is 1. The van der Waals surface area contributed by atoms with E-state index in [1.807, 2.05) is 0 Å². The number of hydrogen-bond acceptors (Lipinski definition) is 6. The number of nitrogens with zero attached hydrogens (tertiary/aromatic N) is 3. The predicted octanol–water partition coefficient (Wildman–Crippen LogP) is 0.362. The first-order valence-electron chi connectivity index (χ1n) is 9.01. The molecule has 0 radical (unpaired) electrons. The van der Waals surface area contributed by atoms with Crippen molar-refractivity contribution in [2.45, 2.75) is 25.5 Å². The normalized spacial score (nSPS) is 17.7. The van der Waals surface area contributed by atoms with Gasteiger partial charge < -0.3 is 15.0 Å². The Morgan fingerprint density at radius 1 is 1.18 bits per heavy atom. The van der Waals surface area contributed by atoms with Crippen LogP contribution in [-0.2, 0) is 30.2 Å². The summed E-state index contributed by atoms with van der Waals surface area (Å²) in [4.78, 5) is 50.4. The smallest absolute Gasteiger partial charge is 0.338 e. The Balaban J connectivity index is 1.54. The molecular formula is C19H20N4O5. The lowest BCUT2D eigenvalue weighted by molar-refractivity contribution is -0.117. The lowest BCUT2D eigenvalue weighted by Gasteiger charge is -2.33. The van der Waals surface area contributed by atoms with Crippen LogP contribution in [0.15, 0.2) is 33.9 Å². The maximum atomic E-state index is 12.4. The first-order valence-corrected chi connectivity index (χ1v) is 9.01. The number of hydrogen-bond donors (Lipinski definition) is 1. The Hall–Kier alpha value is -3.36. The molecule has 1 fully saturated rings. The van der Waals surface area contributed by atoms with Crippen LogP contribution in [0.2, 0.25) is 0 Å². The van der Waals surface area contributed by atoms with Gasteiger partial charge in [0.2, 0.25) is 5.91 Å². The molecule has 0 saturated carbocycles. The zero-order chi connectivity index (χ0) is 20.0. The molecule has 0 bridgehead atoms. The van der Waals surface area contributed by atoms with Gasteiger partial charge in [0.25, 0.3) is 5.56 Å². The molecule has 1 unspecified atom stereocenters. The standard InChI is InChI=1S/C19H20N4O5/c1-21-12(9-16(24)22(2)19(21)27)10-28-18(26)11-5-6-14-13(8-11)20-17(25)15-4-3-7-23(14)15/h5-6,8-9,15H,3-4,7,10H2,1-2H3,(H,20,25). The van der Waals surface area contributed by atoms with Crippen LogP contribution in [0.1, 0.15) is 28.9 Å². The summed E-state index contributed by atoms with van der Waals surface area (Å²) in [6.07, 6.45) is 1.78. The third kappa shape index (κ3) is 2.88. The minimum Gasteiger partial charge on any atom is -0.456 e. The molecule has 1 amide bonds. The van der Waals surface area contributed by atoms with Crippen molar-refractivity contribution in [2.75, 3.05) is 16.8 Å². The van der Waals surface area contributed by atoms with Crippen molar-refractivity contribution < 1.29 is 14.3 Å². The Morgan fingerprint density at radius 3 is 2.75 bits per heavy atom. The van der Waals surface area contributed by atoms with Crippen molar-refractivity contribution in [3.8, 4) is 0 Å². The van der Waals surface area contributed by atoms with E-state index in [1.54, 1.807) is 18.2 Å². The van der Waals surface area contributed by atoms with Gasteiger partial charge in [0.1, 0.15) is 12.6 Å². The molecule has 2 aliphatic heterocycles. The highest BCUT2D eigenvalue weighted by atomic mass is 16.5. The maximum absolute atomic E-state index is 12.4. The van der Waals surface area contributed by atoms with Crippen molar-refractivity contribution in [1.82, 2.24) is 9.13 Å². The minimum absolute atomic E-state index is 0.0642. The van der Waals surface area contributed by atoms with Crippen molar-refractivity contribution in [3.05, 3.63) is 56.4 Å². The van der Waals surface area contributed by atoms with Gasteiger partial charge in [-0.05, 0) is 31.0 Å². The summed E-state index contributed by atoms with van der Waals surface area (Å²) in [5, 5.41) is 2.85. The van der Waals surface area contributed by atoms with Crippen LogP contribution in [-0.4, -0.2) is 33.6 Å². The van der Waals surface area contributed by atoms with E-state index in [2.05, 4.69) is 10.2 Å². The highest BCUT2D eigenvalue weighted by molar-refractivity contribution is 6.05. The predicted molar refractivity (Wildman–Crippen MR) is 101 cm³/mol. The molecule has 1 aromatic carbocycles. The maximum Gasteiger partial charge on any atom is 0.338 e. The Kier molecular flexibility index (Phi) is 4.29. The fourth-order valence-corrected chi connectivity index (χ4v) is 3.70. The monoisotopic (exact) mass is 384 g/mol. The molecular weight excluding hydrogens is 364 g/mol. The number of fused-ring (bicyclic) bond motifs is 3. The largest absolute Gasteiger partial charge is 0.456 e. The molecule has 28 heavy (non-hydrogen) atoms. The van der Waals surface area contributed by atoms with Gasteiger partial charge in [-0.15, -0.1) is 0 Å². The van der Waals surface area contributed by atoms with Crippen LogP contribution in [0.5, 0.6) is 0 Å². The molecule has 9 nitrogen and oxygen atoms in total. The number of carbonyl (C=O) groups is 2. The fourth-order valence-electron chi connectivity index (χ4n) is 3.70. The summed E-state index contributed by atoms with van der Waals surface area (Å²) in [5.74, 6) is -0.667. The second-order valence-electron chi connectivity index (χ2n) is 7.02. The molecule has 146 valence electrons. The second kappa shape index (κ2) is 6.66. The summed E-state index contributed by atoms with van der Waals surface area (Å²) in [5.41, 5.74) is 1.10. The highest BCUT2D eigenvalue weighted by Crippen LogP contribution is 2.37. The molecule has 2 aromatic rings. The van der Waals surface area contributed by atoms with Crippen molar-refractivity contribution >= 4 is 23.3 Å².